The third-order valence-corrected chi connectivity index (χ3v) is 4.43. The Morgan fingerprint density at radius 3 is 2.52 bits per heavy atom. The van der Waals surface area contributed by atoms with E-state index in [4.69, 9.17) is 0 Å². The Morgan fingerprint density at radius 1 is 0.857 bits per heavy atom. The lowest BCUT2D eigenvalue weighted by Crippen LogP contribution is -1.99. The maximum atomic E-state index is 12.1. The fraction of sp³-hybridized carbons (Fsp3) is 0.150. The molecule has 1 nitrogen and oxygen atoms in total. The minimum Gasteiger partial charge on any atom is -0.294 e. The molecule has 3 aromatic carbocycles. The predicted octanol–water partition coefficient (Wildman–Crippen LogP) is 4.75. The number of carbonyl (C=O) groups is 1. The molecule has 1 aliphatic rings. The van der Waals surface area contributed by atoms with E-state index in [2.05, 4.69) is 48.5 Å². The van der Waals surface area contributed by atoms with Crippen molar-refractivity contribution in [2.24, 2.45) is 0 Å². The quantitative estimate of drug-likeness (QED) is 0.657. The van der Waals surface area contributed by atoms with Gasteiger partial charge in [-0.15, -0.1) is 0 Å². The third kappa shape index (κ3) is 2.15. The Balaban J connectivity index is 1.68. The molecule has 1 unspecified atom stereocenters. The summed E-state index contributed by atoms with van der Waals surface area (Å²) in [6, 6.07) is 23.1. The maximum Gasteiger partial charge on any atom is 0.163 e. The standard InChI is InChI=1S/C20H16O/c21-20-13-17(18-7-3-4-8-19(18)20)12-14-9-10-15-5-1-2-6-16(15)11-14/h1-11,17H,12-13H2. The summed E-state index contributed by atoms with van der Waals surface area (Å²) < 4.78 is 0. The van der Waals surface area contributed by atoms with Gasteiger partial charge in [-0.25, -0.2) is 0 Å². The van der Waals surface area contributed by atoms with E-state index in [0.29, 0.717) is 12.3 Å². The second-order valence-corrected chi connectivity index (χ2v) is 5.80. The minimum absolute atomic E-state index is 0.288. The van der Waals surface area contributed by atoms with Crippen LogP contribution in [0.5, 0.6) is 0 Å². The number of Topliss-reactive ketones (excluding diaryl/α,β-unsaturated/α-hetero) is 1. The van der Waals surface area contributed by atoms with Crippen molar-refractivity contribution in [3.05, 3.63) is 83.4 Å². The number of hydrogen-bond donors (Lipinski definition) is 0. The summed E-state index contributed by atoms with van der Waals surface area (Å²) in [4.78, 5) is 12.1. The summed E-state index contributed by atoms with van der Waals surface area (Å²) in [5.41, 5.74) is 3.45. The summed E-state index contributed by atoms with van der Waals surface area (Å²) in [5, 5.41) is 2.54. The Kier molecular flexibility index (Phi) is 2.85. The van der Waals surface area contributed by atoms with E-state index >= 15 is 0 Å². The summed E-state index contributed by atoms with van der Waals surface area (Å²) in [5.74, 6) is 0.617. The Hall–Kier alpha value is -2.41. The number of fused-ring (bicyclic) bond motifs is 2. The largest absolute Gasteiger partial charge is 0.294 e. The first kappa shape index (κ1) is 12.3. The molecule has 0 bridgehead atoms. The number of rotatable bonds is 2. The smallest absolute Gasteiger partial charge is 0.163 e. The van der Waals surface area contributed by atoms with Gasteiger partial charge in [0.25, 0.3) is 0 Å². The molecule has 0 N–H and O–H groups in total. The van der Waals surface area contributed by atoms with Crippen LogP contribution in [-0.2, 0) is 6.42 Å². The zero-order valence-corrected chi connectivity index (χ0v) is 11.8. The number of carbonyl (C=O) groups excluding carboxylic acids is 1. The molecule has 0 aliphatic heterocycles. The molecule has 4 rings (SSSR count). The fourth-order valence-electron chi connectivity index (χ4n) is 3.38. The lowest BCUT2D eigenvalue weighted by molar-refractivity contribution is 0.0989. The highest BCUT2D eigenvalue weighted by Crippen LogP contribution is 2.35. The van der Waals surface area contributed by atoms with Crippen molar-refractivity contribution >= 4 is 16.6 Å². The number of hydrogen-bond acceptors (Lipinski definition) is 1. The van der Waals surface area contributed by atoms with E-state index in [1.807, 2.05) is 18.2 Å². The highest BCUT2D eigenvalue weighted by molar-refractivity contribution is 6.01. The van der Waals surface area contributed by atoms with Crippen LogP contribution in [0, 0.1) is 0 Å². The van der Waals surface area contributed by atoms with Crippen LogP contribution in [0.2, 0.25) is 0 Å². The van der Waals surface area contributed by atoms with Gasteiger partial charge < -0.3 is 0 Å². The van der Waals surface area contributed by atoms with Gasteiger partial charge in [0.05, 0.1) is 0 Å². The molecular formula is C20H16O. The molecular weight excluding hydrogens is 256 g/mol. The van der Waals surface area contributed by atoms with E-state index in [1.165, 1.54) is 21.9 Å². The van der Waals surface area contributed by atoms with Crippen LogP contribution < -0.4 is 0 Å². The van der Waals surface area contributed by atoms with Crippen molar-refractivity contribution in [2.75, 3.05) is 0 Å². The van der Waals surface area contributed by atoms with Gasteiger partial charge in [0.2, 0.25) is 0 Å². The second kappa shape index (κ2) is 4.85. The van der Waals surface area contributed by atoms with E-state index in [1.54, 1.807) is 0 Å². The zero-order valence-electron chi connectivity index (χ0n) is 11.8. The fourth-order valence-corrected chi connectivity index (χ4v) is 3.38. The first-order chi connectivity index (χ1) is 10.3. The molecule has 0 spiro atoms. The third-order valence-electron chi connectivity index (χ3n) is 4.43. The molecule has 21 heavy (non-hydrogen) atoms. The SMILES string of the molecule is O=C1CC(Cc2ccc3ccccc3c2)c2ccccc21. The summed E-state index contributed by atoms with van der Waals surface area (Å²) in [6.07, 6.45) is 1.58. The van der Waals surface area contributed by atoms with Gasteiger partial charge in [-0.1, -0.05) is 66.7 Å². The van der Waals surface area contributed by atoms with Gasteiger partial charge in [-0.3, -0.25) is 4.79 Å². The van der Waals surface area contributed by atoms with Crippen molar-refractivity contribution < 1.29 is 4.79 Å². The van der Waals surface area contributed by atoms with Gasteiger partial charge in [0.15, 0.2) is 5.78 Å². The topological polar surface area (TPSA) is 17.1 Å². The molecule has 0 amide bonds. The van der Waals surface area contributed by atoms with Gasteiger partial charge in [0.1, 0.15) is 0 Å². The average Bonchev–Trinajstić information content (AvgIpc) is 2.84. The van der Waals surface area contributed by atoms with Crippen LogP contribution in [-0.4, -0.2) is 5.78 Å². The van der Waals surface area contributed by atoms with Gasteiger partial charge in [-0.2, -0.15) is 0 Å². The maximum absolute atomic E-state index is 12.1. The van der Waals surface area contributed by atoms with Crippen molar-refractivity contribution in [3.8, 4) is 0 Å². The minimum atomic E-state index is 0.288. The first-order valence-corrected chi connectivity index (χ1v) is 7.41. The van der Waals surface area contributed by atoms with Crippen LogP contribution in [0.1, 0.15) is 33.8 Å². The Bertz CT molecular complexity index is 832. The monoisotopic (exact) mass is 272 g/mol. The number of benzene rings is 3. The highest BCUT2D eigenvalue weighted by atomic mass is 16.1. The van der Waals surface area contributed by atoms with Gasteiger partial charge in [0, 0.05) is 12.0 Å². The van der Waals surface area contributed by atoms with E-state index < -0.39 is 0 Å². The van der Waals surface area contributed by atoms with Crippen LogP contribution >= 0.6 is 0 Å². The van der Waals surface area contributed by atoms with E-state index in [9.17, 15) is 4.79 Å². The molecule has 0 radical (unpaired) electrons. The van der Waals surface area contributed by atoms with Crippen LogP contribution in [0.3, 0.4) is 0 Å². The molecule has 1 atom stereocenters. The summed E-state index contributed by atoms with van der Waals surface area (Å²) in [6.45, 7) is 0. The normalized spacial score (nSPS) is 17.1. The molecule has 102 valence electrons. The molecule has 0 heterocycles. The zero-order chi connectivity index (χ0) is 14.2. The predicted molar refractivity (Wildman–Crippen MR) is 85.8 cm³/mol. The van der Waals surface area contributed by atoms with Crippen LogP contribution in [0.4, 0.5) is 0 Å². The molecule has 0 saturated heterocycles. The van der Waals surface area contributed by atoms with Gasteiger partial charge >= 0.3 is 0 Å². The lowest BCUT2D eigenvalue weighted by atomic mass is 9.92. The molecule has 0 aromatic heterocycles. The molecule has 0 saturated carbocycles. The van der Waals surface area contributed by atoms with Crippen LogP contribution in [0.15, 0.2) is 66.7 Å². The number of ketones is 1. The van der Waals surface area contributed by atoms with Crippen molar-refractivity contribution in [2.45, 2.75) is 18.8 Å². The second-order valence-electron chi connectivity index (χ2n) is 5.80. The van der Waals surface area contributed by atoms with Crippen LogP contribution in [0.25, 0.3) is 10.8 Å². The van der Waals surface area contributed by atoms with Crippen molar-refractivity contribution in [1.29, 1.82) is 0 Å². The molecule has 3 aromatic rings. The average molecular weight is 272 g/mol. The van der Waals surface area contributed by atoms with Crippen molar-refractivity contribution in [3.63, 3.8) is 0 Å². The van der Waals surface area contributed by atoms with E-state index in [-0.39, 0.29) is 5.78 Å². The Labute approximate surface area is 124 Å². The van der Waals surface area contributed by atoms with Gasteiger partial charge in [-0.05, 0) is 34.2 Å². The molecule has 0 fully saturated rings. The highest BCUT2D eigenvalue weighted by Gasteiger charge is 2.28. The summed E-state index contributed by atoms with van der Waals surface area (Å²) in [7, 11) is 0. The summed E-state index contributed by atoms with van der Waals surface area (Å²) >= 11 is 0. The van der Waals surface area contributed by atoms with Crippen molar-refractivity contribution in [1.82, 2.24) is 0 Å². The molecule has 1 heteroatoms. The van der Waals surface area contributed by atoms with E-state index in [0.717, 1.165) is 12.0 Å². The first-order valence-electron chi connectivity index (χ1n) is 7.41. The Morgan fingerprint density at radius 2 is 1.62 bits per heavy atom. The molecule has 1 aliphatic carbocycles. The lowest BCUT2D eigenvalue weighted by Gasteiger charge is -2.11.